The Labute approximate surface area is 258 Å². The number of carbonyl (C=O) groups excluding carboxylic acids is 1. The molecule has 7 unspecified atom stereocenters. The molecule has 1 aliphatic rings. The first-order chi connectivity index (χ1) is 21.3. The molecule has 1 fully saturated rings. The number of aliphatic hydroxyl groups excluding tert-OH is 1. The van der Waals surface area contributed by atoms with E-state index in [1.54, 1.807) is 24.3 Å². The fourth-order valence-corrected chi connectivity index (χ4v) is 6.88. The third kappa shape index (κ3) is 6.59. The van der Waals surface area contributed by atoms with Crippen molar-refractivity contribution in [3.63, 3.8) is 0 Å². The van der Waals surface area contributed by atoms with E-state index >= 15 is 0 Å². The van der Waals surface area contributed by atoms with E-state index in [1.165, 1.54) is 31.7 Å². The highest BCUT2D eigenvalue weighted by Crippen LogP contribution is 2.50. The number of nitrogens with one attached hydrogen (secondary N) is 2. The van der Waals surface area contributed by atoms with Gasteiger partial charge < -0.3 is 29.9 Å². The van der Waals surface area contributed by atoms with Crippen LogP contribution < -0.4 is 20.9 Å². The molecule has 242 valence electrons. The molecular formula is C29H37N6O9P. The topological polar surface area (TPSA) is 213 Å². The quantitative estimate of drug-likeness (QED) is 0.0854. The lowest BCUT2D eigenvalue weighted by molar-refractivity contribution is -0.145. The predicted octanol–water partition coefficient (Wildman–Crippen LogP) is 2.78. The first kappa shape index (κ1) is 32.5. The Morgan fingerprint density at radius 3 is 2.76 bits per heavy atom. The summed E-state index contributed by atoms with van der Waals surface area (Å²) >= 11 is 0. The Balaban J connectivity index is 1.44. The highest BCUT2D eigenvalue weighted by atomic mass is 31.2. The largest absolute Gasteiger partial charge is 0.465 e. The van der Waals surface area contributed by atoms with Gasteiger partial charge >= 0.3 is 13.7 Å². The number of anilines is 1. The summed E-state index contributed by atoms with van der Waals surface area (Å²) in [6.07, 6.45) is -2.64. The number of nitrogens with two attached hydrogens (primary N) is 1. The van der Waals surface area contributed by atoms with Crippen LogP contribution in [0, 0.1) is 0 Å². The monoisotopic (exact) mass is 644 g/mol. The smallest absolute Gasteiger partial charge is 0.459 e. The Bertz CT molecular complexity index is 1790. The van der Waals surface area contributed by atoms with Crippen LogP contribution in [0.2, 0.25) is 0 Å². The number of hydrogen-bond acceptors (Lipinski definition) is 12. The second-order valence-electron chi connectivity index (χ2n) is 11.1. The molecule has 2 aromatic heterocycles. The van der Waals surface area contributed by atoms with E-state index < -0.39 is 55.5 Å². The van der Waals surface area contributed by atoms with E-state index in [0.29, 0.717) is 11.8 Å². The molecule has 3 heterocycles. The normalized spacial score (nSPS) is 24.4. The summed E-state index contributed by atoms with van der Waals surface area (Å²) in [5.41, 5.74) is 3.13. The molecule has 5 rings (SSSR count). The minimum atomic E-state index is -4.42. The SMILES string of the molecule is CCCCOC(=O)C(C)NP(=O)(Oc1cccc2ccccc12)OC(C)C1OC(n2cnc3c(=O)[nH]c(N)nc32)C(C)(O)C1O. The number of unbranched alkanes of at least 4 members (excludes halogenated alkanes) is 1. The molecule has 0 saturated carbocycles. The predicted molar refractivity (Wildman–Crippen MR) is 164 cm³/mol. The Morgan fingerprint density at radius 2 is 2.00 bits per heavy atom. The van der Waals surface area contributed by atoms with Gasteiger partial charge in [0.15, 0.2) is 17.4 Å². The third-order valence-corrected chi connectivity index (χ3v) is 9.33. The molecule has 1 aliphatic heterocycles. The number of nitrogen functional groups attached to an aromatic ring is 1. The summed E-state index contributed by atoms with van der Waals surface area (Å²) in [5.74, 6) is -0.616. The van der Waals surface area contributed by atoms with Crippen molar-refractivity contribution in [3.05, 3.63) is 59.1 Å². The van der Waals surface area contributed by atoms with Gasteiger partial charge in [-0.1, -0.05) is 49.7 Å². The van der Waals surface area contributed by atoms with E-state index in [9.17, 15) is 24.4 Å². The van der Waals surface area contributed by atoms with Crippen LogP contribution >= 0.6 is 7.75 Å². The molecule has 4 aromatic rings. The summed E-state index contributed by atoms with van der Waals surface area (Å²) in [7, 11) is -4.42. The average Bonchev–Trinajstić information content (AvgIpc) is 3.50. The van der Waals surface area contributed by atoms with Crippen LogP contribution in [0.25, 0.3) is 21.9 Å². The van der Waals surface area contributed by atoms with Crippen LogP contribution in [-0.2, 0) is 23.4 Å². The Kier molecular flexibility index (Phi) is 9.31. The summed E-state index contributed by atoms with van der Waals surface area (Å²) < 4.78 is 39.0. The maximum absolute atomic E-state index is 14.4. The number of aliphatic hydroxyl groups is 2. The number of fused-ring (bicyclic) bond motifs is 2. The van der Waals surface area contributed by atoms with Gasteiger partial charge in [-0.15, -0.1) is 0 Å². The van der Waals surface area contributed by atoms with E-state index in [0.717, 1.165) is 11.8 Å². The van der Waals surface area contributed by atoms with Crippen molar-refractivity contribution in [2.24, 2.45) is 0 Å². The average molecular weight is 645 g/mol. The first-order valence-electron chi connectivity index (χ1n) is 14.5. The van der Waals surface area contributed by atoms with Crippen LogP contribution in [0.15, 0.2) is 53.6 Å². The molecule has 0 spiro atoms. The third-order valence-electron chi connectivity index (χ3n) is 7.58. The lowest BCUT2D eigenvalue weighted by Gasteiger charge is -2.30. The van der Waals surface area contributed by atoms with Crippen molar-refractivity contribution in [2.75, 3.05) is 12.3 Å². The first-order valence-corrected chi connectivity index (χ1v) is 16.1. The zero-order chi connectivity index (χ0) is 32.5. The number of ether oxygens (including phenoxy) is 2. The Morgan fingerprint density at radius 1 is 1.27 bits per heavy atom. The molecule has 0 amide bonds. The molecule has 2 aromatic carbocycles. The summed E-state index contributed by atoms with van der Waals surface area (Å²) in [5, 5.41) is 26.7. The number of benzene rings is 2. The summed E-state index contributed by atoms with van der Waals surface area (Å²) in [6, 6.07) is 11.4. The molecule has 1 saturated heterocycles. The zero-order valence-corrected chi connectivity index (χ0v) is 26.1. The van der Waals surface area contributed by atoms with Gasteiger partial charge in [-0.05, 0) is 38.6 Å². The van der Waals surface area contributed by atoms with Gasteiger partial charge in [-0.25, -0.2) is 9.55 Å². The number of hydrogen-bond donors (Lipinski definition) is 5. The van der Waals surface area contributed by atoms with Crippen LogP contribution in [0.1, 0.15) is 46.8 Å². The van der Waals surface area contributed by atoms with E-state index in [-0.39, 0.29) is 29.5 Å². The highest BCUT2D eigenvalue weighted by Gasteiger charge is 2.56. The minimum Gasteiger partial charge on any atom is -0.465 e. The number of rotatable bonds is 12. The molecule has 0 bridgehead atoms. The molecule has 16 heteroatoms. The molecule has 7 atom stereocenters. The number of esters is 1. The van der Waals surface area contributed by atoms with Crippen molar-refractivity contribution < 1.29 is 38.1 Å². The van der Waals surface area contributed by atoms with Crippen LogP contribution in [0.4, 0.5) is 5.95 Å². The fraction of sp³-hybridized carbons (Fsp3) is 0.448. The maximum atomic E-state index is 14.4. The standard InChI is InChI=1S/C29H37N6O9P/c1-5-6-14-41-26(38)16(2)34-45(40,44-20-13-9-11-18-10-7-8-12-19(18)20)43-17(3)22-23(36)29(4,39)27(42-22)35-15-31-21-24(35)32-28(30)33-25(21)37/h7-13,15-17,22-23,27,36,39H,5-6,14H2,1-4H3,(H,34,40)(H3,30,32,33,37). The zero-order valence-electron chi connectivity index (χ0n) is 25.2. The summed E-state index contributed by atoms with van der Waals surface area (Å²) in [4.78, 5) is 35.5. The minimum absolute atomic E-state index is 0.0185. The molecule has 0 aliphatic carbocycles. The van der Waals surface area contributed by atoms with E-state index in [2.05, 4.69) is 20.0 Å². The lowest BCUT2D eigenvalue weighted by atomic mass is 9.94. The fourth-order valence-electron chi connectivity index (χ4n) is 5.16. The van der Waals surface area contributed by atoms with Gasteiger partial charge in [0.05, 0.1) is 19.0 Å². The second-order valence-corrected chi connectivity index (χ2v) is 12.8. The van der Waals surface area contributed by atoms with Crippen LogP contribution in [-0.4, -0.2) is 72.3 Å². The van der Waals surface area contributed by atoms with Crippen molar-refractivity contribution >= 4 is 41.6 Å². The van der Waals surface area contributed by atoms with Gasteiger partial charge in [-0.2, -0.15) is 10.1 Å². The Hall–Kier alpha value is -3.85. The second kappa shape index (κ2) is 12.9. The molecule has 6 N–H and O–H groups in total. The van der Waals surface area contributed by atoms with Gasteiger partial charge in [0.25, 0.3) is 5.56 Å². The number of carbonyl (C=O) groups is 1. The lowest BCUT2D eigenvalue weighted by Crippen LogP contribution is -2.46. The number of aromatic amines is 1. The van der Waals surface area contributed by atoms with E-state index in [1.807, 2.05) is 25.1 Å². The molecule has 15 nitrogen and oxygen atoms in total. The molecule has 0 radical (unpaired) electrons. The van der Waals surface area contributed by atoms with Crippen molar-refractivity contribution in [1.29, 1.82) is 0 Å². The van der Waals surface area contributed by atoms with Crippen molar-refractivity contribution in [2.45, 2.75) is 76.7 Å². The maximum Gasteiger partial charge on any atom is 0.459 e. The number of aromatic nitrogens is 4. The molecule has 45 heavy (non-hydrogen) atoms. The van der Waals surface area contributed by atoms with Crippen molar-refractivity contribution in [3.8, 4) is 5.75 Å². The number of nitrogens with zero attached hydrogens (tertiary/aromatic N) is 3. The number of H-pyrrole nitrogens is 1. The van der Waals surface area contributed by atoms with Gasteiger partial charge in [-0.3, -0.25) is 23.7 Å². The number of imidazole rings is 1. The van der Waals surface area contributed by atoms with E-state index in [4.69, 9.17) is 24.3 Å². The van der Waals surface area contributed by atoms with Crippen LogP contribution in [0.5, 0.6) is 5.75 Å². The highest BCUT2D eigenvalue weighted by molar-refractivity contribution is 7.52. The molecular weight excluding hydrogens is 607 g/mol. The van der Waals surface area contributed by atoms with Gasteiger partial charge in [0, 0.05) is 5.39 Å². The van der Waals surface area contributed by atoms with Crippen LogP contribution in [0.3, 0.4) is 0 Å². The van der Waals surface area contributed by atoms with Crippen molar-refractivity contribution in [1.82, 2.24) is 24.6 Å². The summed E-state index contributed by atoms with van der Waals surface area (Å²) in [6.45, 7) is 6.43. The van der Waals surface area contributed by atoms with Gasteiger partial charge in [0.1, 0.15) is 29.6 Å². The van der Waals surface area contributed by atoms with Gasteiger partial charge in [0.2, 0.25) is 5.95 Å².